The van der Waals surface area contributed by atoms with Gasteiger partial charge in [0.15, 0.2) is 0 Å². The lowest BCUT2D eigenvalue weighted by molar-refractivity contribution is -0.120. The number of fused-ring (bicyclic) bond motifs is 1. The van der Waals surface area contributed by atoms with Crippen molar-refractivity contribution >= 4 is 5.91 Å². The first-order valence-electron chi connectivity index (χ1n) is 7.02. The lowest BCUT2D eigenvalue weighted by Gasteiger charge is -2.26. The predicted molar refractivity (Wildman–Crippen MR) is 75.1 cm³/mol. The number of rotatable bonds is 5. The summed E-state index contributed by atoms with van der Waals surface area (Å²) >= 11 is 0. The van der Waals surface area contributed by atoms with Crippen molar-refractivity contribution in [2.75, 3.05) is 13.1 Å². The largest absolute Gasteiger partial charge is 0.508 e. The van der Waals surface area contributed by atoms with Crippen molar-refractivity contribution in [1.29, 1.82) is 0 Å². The third-order valence-corrected chi connectivity index (χ3v) is 3.56. The van der Waals surface area contributed by atoms with Gasteiger partial charge in [0, 0.05) is 25.6 Å². The lowest BCUT2D eigenvalue weighted by atomic mass is 9.87. The van der Waals surface area contributed by atoms with Crippen LogP contribution in [-0.2, 0) is 11.2 Å². The van der Waals surface area contributed by atoms with Crippen LogP contribution in [0.3, 0.4) is 0 Å². The summed E-state index contributed by atoms with van der Waals surface area (Å²) in [5.74, 6) is 0.429. The summed E-state index contributed by atoms with van der Waals surface area (Å²) in [6, 6.07) is 5.89. The number of phenols is 1. The summed E-state index contributed by atoms with van der Waals surface area (Å²) in [5.41, 5.74) is 2.49. The zero-order valence-electron chi connectivity index (χ0n) is 11.4. The minimum atomic E-state index is 0.0942. The van der Waals surface area contributed by atoms with E-state index in [0.717, 1.165) is 19.3 Å². The monoisotopic (exact) mass is 262 g/mol. The highest BCUT2D eigenvalue weighted by Crippen LogP contribution is 2.31. The van der Waals surface area contributed by atoms with Gasteiger partial charge in [-0.15, -0.1) is 0 Å². The van der Waals surface area contributed by atoms with Gasteiger partial charge in [0.1, 0.15) is 5.75 Å². The van der Waals surface area contributed by atoms with Crippen LogP contribution in [0.1, 0.15) is 43.4 Å². The van der Waals surface area contributed by atoms with Crippen molar-refractivity contribution in [3.63, 3.8) is 0 Å². The van der Waals surface area contributed by atoms with Crippen LogP contribution in [0, 0.1) is 0 Å². The molecule has 0 bridgehead atoms. The molecule has 0 saturated heterocycles. The molecule has 1 unspecified atom stereocenters. The van der Waals surface area contributed by atoms with Gasteiger partial charge in [-0.05, 0) is 49.4 Å². The minimum absolute atomic E-state index is 0.0942. The third-order valence-electron chi connectivity index (χ3n) is 3.56. The van der Waals surface area contributed by atoms with Gasteiger partial charge in [0.05, 0.1) is 0 Å². The van der Waals surface area contributed by atoms with Crippen LogP contribution in [0.25, 0.3) is 0 Å². The second-order valence-corrected chi connectivity index (χ2v) is 4.99. The Hall–Kier alpha value is -1.55. The Labute approximate surface area is 114 Å². The Morgan fingerprint density at radius 3 is 3.11 bits per heavy atom. The van der Waals surface area contributed by atoms with E-state index in [1.54, 1.807) is 6.07 Å². The number of nitrogens with one attached hydrogen (secondary N) is 2. The van der Waals surface area contributed by atoms with E-state index in [2.05, 4.69) is 10.6 Å². The molecule has 0 fully saturated rings. The van der Waals surface area contributed by atoms with Crippen LogP contribution in [-0.4, -0.2) is 24.1 Å². The zero-order chi connectivity index (χ0) is 13.7. The highest BCUT2D eigenvalue weighted by molar-refractivity contribution is 5.75. The Morgan fingerprint density at radius 1 is 1.47 bits per heavy atom. The molecule has 0 aliphatic heterocycles. The van der Waals surface area contributed by atoms with Crippen molar-refractivity contribution in [1.82, 2.24) is 10.6 Å². The Bertz CT molecular complexity index is 446. The molecular weight excluding hydrogens is 240 g/mol. The minimum Gasteiger partial charge on any atom is -0.508 e. The van der Waals surface area contributed by atoms with Gasteiger partial charge in [-0.1, -0.05) is 6.07 Å². The SMILES string of the molecule is CCNC(=O)CCNC1CCCc2cc(O)ccc21. The second kappa shape index (κ2) is 6.57. The van der Waals surface area contributed by atoms with E-state index < -0.39 is 0 Å². The van der Waals surface area contributed by atoms with Gasteiger partial charge in [0.2, 0.25) is 5.91 Å². The molecule has 0 spiro atoms. The van der Waals surface area contributed by atoms with E-state index in [1.807, 2.05) is 19.1 Å². The summed E-state index contributed by atoms with van der Waals surface area (Å²) in [6.45, 7) is 3.30. The van der Waals surface area contributed by atoms with Crippen molar-refractivity contribution < 1.29 is 9.90 Å². The molecule has 0 heterocycles. The van der Waals surface area contributed by atoms with E-state index in [0.29, 0.717) is 31.3 Å². The van der Waals surface area contributed by atoms with Crippen molar-refractivity contribution in [2.24, 2.45) is 0 Å². The van der Waals surface area contributed by atoms with Gasteiger partial charge in [-0.25, -0.2) is 0 Å². The molecule has 0 aromatic heterocycles. The smallest absolute Gasteiger partial charge is 0.221 e. The van der Waals surface area contributed by atoms with E-state index in [9.17, 15) is 9.90 Å². The molecule has 0 radical (unpaired) electrons. The van der Waals surface area contributed by atoms with E-state index in [1.165, 1.54) is 11.1 Å². The molecule has 104 valence electrons. The maximum atomic E-state index is 11.4. The molecule has 3 N–H and O–H groups in total. The fourth-order valence-electron chi connectivity index (χ4n) is 2.66. The van der Waals surface area contributed by atoms with Gasteiger partial charge in [0.25, 0.3) is 0 Å². The summed E-state index contributed by atoms with van der Waals surface area (Å²) < 4.78 is 0. The molecule has 2 rings (SSSR count). The maximum absolute atomic E-state index is 11.4. The number of benzene rings is 1. The van der Waals surface area contributed by atoms with Crippen molar-refractivity contribution in [3.8, 4) is 5.75 Å². The van der Waals surface area contributed by atoms with Crippen LogP contribution in [0.2, 0.25) is 0 Å². The summed E-state index contributed by atoms with van der Waals surface area (Å²) in [7, 11) is 0. The van der Waals surface area contributed by atoms with Crippen molar-refractivity contribution in [3.05, 3.63) is 29.3 Å². The van der Waals surface area contributed by atoms with Crippen LogP contribution >= 0.6 is 0 Å². The Morgan fingerprint density at radius 2 is 2.32 bits per heavy atom. The van der Waals surface area contributed by atoms with Gasteiger partial charge >= 0.3 is 0 Å². The average molecular weight is 262 g/mol. The molecule has 19 heavy (non-hydrogen) atoms. The first-order chi connectivity index (χ1) is 9.20. The number of amides is 1. The molecule has 1 amide bonds. The predicted octanol–water partition coefficient (Wildman–Crippen LogP) is 1.89. The number of aryl methyl sites for hydroxylation is 1. The number of carbonyl (C=O) groups is 1. The van der Waals surface area contributed by atoms with E-state index in [4.69, 9.17) is 0 Å². The lowest BCUT2D eigenvalue weighted by Crippen LogP contribution is -2.30. The Balaban J connectivity index is 1.91. The molecule has 1 aliphatic carbocycles. The highest BCUT2D eigenvalue weighted by Gasteiger charge is 2.19. The quantitative estimate of drug-likeness (QED) is 0.759. The second-order valence-electron chi connectivity index (χ2n) is 4.99. The number of carbonyl (C=O) groups excluding carboxylic acids is 1. The zero-order valence-corrected chi connectivity index (χ0v) is 11.4. The van der Waals surface area contributed by atoms with Gasteiger partial charge < -0.3 is 15.7 Å². The number of aromatic hydroxyl groups is 1. The summed E-state index contributed by atoms with van der Waals surface area (Å²) in [5, 5.41) is 15.8. The number of hydrogen-bond donors (Lipinski definition) is 3. The summed E-state index contributed by atoms with van der Waals surface area (Å²) in [4.78, 5) is 11.4. The molecule has 1 aromatic rings. The van der Waals surface area contributed by atoms with Crippen LogP contribution in [0.5, 0.6) is 5.75 Å². The van der Waals surface area contributed by atoms with Crippen molar-refractivity contribution in [2.45, 2.75) is 38.6 Å². The molecule has 4 heteroatoms. The van der Waals surface area contributed by atoms with Gasteiger partial charge in [-0.2, -0.15) is 0 Å². The topological polar surface area (TPSA) is 61.4 Å². The standard InChI is InChI=1S/C15H22N2O2/c1-2-16-15(19)8-9-17-14-5-3-4-11-10-12(18)6-7-13(11)14/h6-7,10,14,17-18H,2-5,8-9H2,1H3,(H,16,19). The Kier molecular flexibility index (Phi) is 4.80. The third kappa shape index (κ3) is 3.70. The van der Waals surface area contributed by atoms with E-state index in [-0.39, 0.29) is 5.91 Å². The number of hydrogen-bond acceptors (Lipinski definition) is 3. The maximum Gasteiger partial charge on any atom is 0.221 e. The normalized spacial score (nSPS) is 17.8. The molecule has 1 atom stereocenters. The van der Waals surface area contributed by atoms with Crippen LogP contribution in [0.15, 0.2) is 18.2 Å². The van der Waals surface area contributed by atoms with Gasteiger partial charge in [-0.3, -0.25) is 4.79 Å². The fourth-order valence-corrected chi connectivity index (χ4v) is 2.66. The first kappa shape index (κ1) is 13.9. The number of phenolic OH excluding ortho intramolecular Hbond substituents is 1. The molecule has 4 nitrogen and oxygen atoms in total. The van der Waals surface area contributed by atoms with Crippen LogP contribution < -0.4 is 10.6 Å². The first-order valence-corrected chi connectivity index (χ1v) is 7.02. The highest BCUT2D eigenvalue weighted by atomic mass is 16.3. The molecule has 0 saturated carbocycles. The van der Waals surface area contributed by atoms with E-state index >= 15 is 0 Å². The average Bonchev–Trinajstić information content (AvgIpc) is 2.39. The fraction of sp³-hybridized carbons (Fsp3) is 0.533. The summed E-state index contributed by atoms with van der Waals surface area (Å²) in [6.07, 6.45) is 3.75. The van der Waals surface area contributed by atoms with Crippen LogP contribution in [0.4, 0.5) is 0 Å². The molecular formula is C15H22N2O2. The molecule has 1 aromatic carbocycles. The molecule has 1 aliphatic rings.